The summed E-state index contributed by atoms with van der Waals surface area (Å²) in [4.78, 5) is 24.9. The zero-order chi connectivity index (χ0) is 26.4. The van der Waals surface area contributed by atoms with Crippen LogP contribution in [0.3, 0.4) is 0 Å². The fourth-order valence-electron chi connectivity index (χ4n) is 4.80. The van der Waals surface area contributed by atoms with Crippen molar-refractivity contribution in [3.8, 4) is 5.88 Å². The average molecular weight is 535 g/mol. The topological polar surface area (TPSA) is 122 Å². The van der Waals surface area contributed by atoms with E-state index in [0.29, 0.717) is 36.4 Å². The van der Waals surface area contributed by atoms with Crippen LogP contribution in [0.2, 0.25) is 0 Å². The molecule has 6 rings (SSSR count). The van der Waals surface area contributed by atoms with Crippen LogP contribution in [-0.2, 0) is 9.84 Å². The first-order valence-corrected chi connectivity index (χ1v) is 14.8. The number of nitrogens with one attached hydrogen (secondary N) is 1. The van der Waals surface area contributed by atoms with Gasteiger partial charge < -0.3 is 20.1 Å². The SMILES string of the molecule is CS(=O)(=O)c1ccc(C(CO)NC(=O)c2ccc3c(n2)OCCN3c2cc(C3CC3)nc(C3CC3)c2)cc1. The number of rotatable bonds is 8. The lowest BCUT2D eigenvalue weighted by molar-refractivity contribution is 0.0910. The van der Waals surface area contributed by atoms with Gasteiger partial charge in [0.05, 0.1) is 24.1 Å². The largest absolute Gasteiger partial charge is 0.474 e. The summed E-state index contributed by atoms with van der Waals surface area (Å²) in [6.07, 6.45) is 5.90. The molecule has 0 bridgehead atoms. The van der Waals surface area contributed by atoms with Crippen LogP contribution in [0, 0.1) is 0 Å². The highest BCUT2D eigenvalue weighted by Crippen LogP contribution is 2.46. The van der Waals surface area contributed by atoms with E-state index >= 15 is 0 Å². The van der Waals surface area contributed by atoms with Crippen LogP contribution in [0.5, 0.6) is 5.88 Å². The number of benzene rings is 1. The van der Waals surface area contributed by atoms with E-state index in [0.717, 1.165) is 17.6 Å². The Morgan fingerprint density at radius 2 is 1.71 bits per heavy atom. The highest BCUT2D eigenvalue weighted by molar-refractivity contribution is 7.90. The van der Waals surface area contributed by atoms with Crippen LogP contribution in [0.25, 0.3) is 0 Å². The third-order valence-corrected chi connectivity index (χ3v) is 8.40. The molecule has 1 atom stereocenters. The van der Waals surface area contributed by atoms with Crippen molar-refractivity contribution in [2.45, 2.75) is 48.5 Å². The fraction of sp³-hybridized carbons (Fsp3) is 0.393. The van der Waals surface area contributed by atoms with E-state index in [-0.39, 0.29) is 17.2 Å². The van der Waals surface area contributed by atoms with E-state index in [1.165, 1.54) is 49.2 Å². The van der Waals surface area contributed by atoms with Gasteiger partial charge in [0.25, 0.3) is 5.91 Å². The Labute approximate surface area is 221 Å². The van der Waals surface area contributed by atoms with Crippen molar-refractivity contribution in [1.29, 1.82) is 0 Å². The molecule has 3 heterocycles. The molecule has 2 fully saturated rings. The minimum Gasteiger partial charge on any atom is -0.474 e. The number of nitrogens with zero attached hydrogens (tertiary/aromatic N) is 3. The standard InChI is InChI=1S/C28H30N4O5S/c1-38(35,36)21-8-6-19(7-9-21)25(16-33)30-27(34)22-10-11-26-28(31-22)37-13-12-32(26)20-14-23(17-2-3-17)29-24(15-20)18-4-5-18/h6-11,14-15,17-18,25,33H,2-5,12-13,16H2,1H3,(H,30,34). The number of pyridine rings is 2. The Balaban J connectivity index is 1.23. The smallest absolute Gasteiger partial charge is 0.270 e. The maximum Gasteiger partial charge on any atom is 0.270 e. The van der Waals surface area contributed by atoms with Gasteiger partial charge in [0.15, 0.2) is 9.84 Å². The van der Waals surface area contributed by atoms with Crippen LogP contribution >= 0.6 is 0 Å². The Kier molecular flexibility index (Phi) is 6.31. The monoisotopic (exact) mass is 534 g/mol. The summed E-state index contributed by atoms with van der Waals surface area (Å²) in [7, 11) is -3.34. The van der Waals surface area contributed by atoms with Crippen molar-refractivity contribution < 1.29 is 23.1 Å². The number of amides is 1. The number of hydrogen-bond acceptors (Lipinski definition) is 8. The lowest BCUT2D eigenvalue weighted by Crippen LogP contribution is -2.33. The quantitative estimate of drug-likeness (QED) is 0.449. The molecule has 1 aromatic carbocycles. The maximum atomic E-state index is 13.0. The van der Waals surface area contributed by atoms with Gasteiger partial charge in [-0.1, -0.05) is 12.1 Å². The molecule has 1 aliphatic heterocycles. The van der Waals surface area contributed by atoms with Crippen molar-refractivity contribution in [2.24, 2.45) is 0 Å². The number of anilines is 2. The molecule has 0 saturated heterocycles. The van der Waals surface area contributed by atoms with Gasteiger partial charge >= 0.3 is 0 Å². The van der Waals surface area contributed by atoms with Crippen LogP contribution in [0.1, 0.15) is 71.0 Å². The minimum atomic E-state index is -3.34. The first-order chi connectivity index (χ1) is 18.3. The van der Waals surface area contributed by atoms with Crippen molar-refractivity contribution in [2.75, 3.05) is 30.9 Å². The zero-order valence-corrected chi connectivity index (χ0v) is 21.9. The molecule has 198 valence electrons. The third kappa shape index (κ3) is 5.10. The van der Waals surface area contributed by atoms with Crippen molar-refractivity contribution in [1.82, 2.24) is 15.3 Å². The van der Waals surface area contributed by atoms with E-state index in [1.54, 1.807) is 18.2 Å². The van der Waals surface area contributed by atoms with Gasteiger partial charge in [0.2, 0.25) is 5.88 Å². The molecule has 0 radical (unpaired) electrons. The first-order valence-electron chi connectivity index (χ1n) is 12.9. The summed E-state index contributed by atoms with van der Waals surface area (Å²) >= 11 is 0. The van der Waals surface area contributed by atoms with E-state index in [4.69, 9.17) is 9.72 Å². The lowest BCUT2D eigenvalue weighted by Gasteiger charge is -2.31. The molecular weight excluding hydrogens is 504 g/mol. The number of fused-ring (bicyclic) bond motifs is 1. The molecular formula is C28H30N4O5S. The van der Waals surface area contributed by atoms with Crippen LogP contribution in [-0.4, -0.2) is 55.4 Å². The highest BCUT2D eigenvalue weighted by Gasteiger charge is 2.32. The summed E-state index contributed by atoms with van der Waals surface area (Å²) in [6, 6.07) is 13.2. The van der Waals surface area contributed by atoms with Gasteiger partial charge in [0, 0.05) is 35.2 Å². The second kappa shape index (κ2) is 9.67. The van der Waals surface area contributed by atoms with E-state index < -0.39 is 21.8 Å². The number of carbonyl (C=O) groups is 1. The minimum absolute atomic E-state index is 0.170. The third-order valence-electron chi connectivity index (χ3n) is 7.27. The summed E-state index contributed by atoms with van der Waals surface area (Å²) < 4.78 is 29.3. The number of ether oxygens (including phenoxy) is 1. The number of hydrogen-bond donors (Lipinski definition) is 2. The maximum absolute atomic E-state index is 13.0. The molecule has 10 heteroatoms. The van der Waals surface area contributed by atoms with Crippen molar-refractivity contribution >= 4 is 27.1 Å². The summed E-state index contributed by atoms with van der Waals surface area (Å²) in [5, 5.41) is 12.7. The molecule has 2 N–H and O–H groups in total. The second-order valence-electron chi connectivity index (χ2n) is 10.3. The normalized spacial score (nSPS) is 17.9. The van der Waals surface area contributed by atoms with Gasteiger partial charge in [-0.3, -0.25) is 9.78 Å². The number of aliphatic hydroxyl groups excluding tert-OH is 1. The van der Waals surface area contributed by atoms with Gasteiger partial charge in [-0.2, -0.15) is 0 Å². The molecule has 1 amide bonds. The predicted octanol–water partition coefficient (Wildman–Crippen LogP) is 3.63. The number of carbonyl (C=O) groups excluding carboxylic acids is 1. The van der Waals surface area contributed by atoms with Crippen molar-refractivity contribution in [3.63, 3.8) is 0 Å². The Morgan fingerprint density at radius 3 is 2.29 bits per heavy atom. The average Bonchev–Trinajstić information content (AvgIpc) is 3.83. The fourth-order valence-corrected chi connectivity index (χ4v) is 5.43. The number of aliphatic hydroxyl groups is 1. The number of aromatic nitrogens is 2. The van der Waals surface area contributed by atoms with Gasteiger partial charge in [-0.15, -0.1) is 0 Å². The van der Waals surface area contributed by atoms with E-state index in [1.807, 2.05) is 6.07 Å². The summed E-state index contributed by atoms with van der Waals surface area (Å²) in [6.45, 7) is 0.763. The van der Waals surface area contributed by atoms with E-state index in [9.17, 15) is 18.3 Å². The van der Waals surface area contributed by atoms with Crippen LogP contribution in [0.4, 0.5) is 11.4 Å². The molecule has 2 saturated carbocycles. The molecule has 1 unspecified atom stereocenters. The number of sulfone groups is 1. The zero-order valence-electron chi connectivity index (χ0n) is 21.1. The molecule has 2 aromatic heterocycles. The van der Waals surface area contributed by atoms with Crippen molar-refractivity contribution in [3.05, 3.63) is 71.2 Å². The summed E-state index contributed by atoms with van der Waals surface area (Å²) in [5.41, 5.74) is 4.98. The van der Waals surface area contributed by atoms with E-state index in [2.05, 4.69) is 27.3 Å². The first kappa shape index (κ1) is 24.8. The van der Waals surface area contributed by atoms with Crippen LogP contribution < -0.4 is 15.0 Å². The van der Waals surface area contributed by atoms with Gasteiger partial charge in [-0.25, -0.2) is 13.4 Å². The van der Waals surface area contributed by atoms with Gasteiger partial charge in [-0.05, 0) is 67.6 Å². The molecule has 9 nitrogen and oxygen atoms in total. The Morgan fingerprint density at radius 1 is 1.05 bits per heavy atom. The highest BCUT2D eigenvalue weighted by atomic mass is 32.2. The molecule has 3 aromatic rings. The summed E-state index contributed by atoms with van der Waals surface area (Å²) in [5.74, 6) is 1.04. The second-order valence-corrected chi connectivity index (χ2v) is 12.3. The molecule has 2 aliphatic carbocycles. The van der Waals surface area contributed by atoms with Gasteiger partial charge in [0.1, 0.15) is 18.0 Å². The Hall–Kier alpha value is -3.50. The van der Waals surface area contributed by atoms with Crippen LogP contribution in [0.15, 0.2) is 53.4 Å². The molecule has 3 aliphatic rings. The molecule has 38 heavy (non-hydrogen) atoms. The Bertz CT molecular complexity index is 1450. The molecule has 0 spiro atoms. The lowest BCUT2D eigenvalue weighted by atomic mass is 10.1. The predicted molar refractivity (Wildman–Crippen MR) is 142 cm³/mol.